The van der Waals surface area contributed by atoms with Crippen LogP contribution < -0.4 is 15.5 Å². The first-order valence-electron chi connectivity index (χ1n) is 12.2. The Kier molecular flexibility index (Phi) is 5.31. The topological polar surface area (TPSA) is 75.7 Å². The Morgan fingerprint density at radius 1 is 1.09 bits per heavy atom. The number of hydrogen-bond acceptors (Lipinski definition) is 6. The number of anilines is 2. The molecule has 7 heteroatoms. The van der Waals surface area contributed by atoms with Crippen LogP contribution >= 0.6 is 0 Å². The van der Waals surface area contributed by atoms with E-state index in [0.29, 0.717) is 16.9 Å². The first-order chi connectivity index (χ1) is 15.1. The Balaban J connectivity index is 1.07. The first-order valence-corrected chi connectivity index (χ1v) is 12.2. The van der Waals surface area contributed by atoms with Crippen LogP contribution in [0.4, 0.5) is 16.3 Å². The lowest BCUT2D eigenvalue weighted by molar-refractivity contribution is -0.124. The number of piperidine rings is 1. The quantitative estimate of drug-likeness (QED) is 0.726. The van der Waals surface area contributed by atoms with Crippen molar-refractivity contribution in [1.82, 2.24) is 10.3 Å². The van der Waals surface area contributed by atoms with Gasteiger partial charge in [0.25, 0.3) is 0 Å². The lowest BCUT2D eigenvalue weighted by atomic mass is 9.52. The van der Waals surface area contributed by atoms with Gasteiger partial charge in [0.1, 0.15) is 11.4 Å². The molecule has 2 aliphatic heterocycles. The van der Waals surface area contributed by atoms with Gasteiger partial charge in [-0.2, -0.15) is 0 Å². The predicted octanol–water partition coefficient (Wildman–Crippen LogP) is 4.25. The number of ether oxygens (including phenoxy) is 2. The second-order valence-electron chi connectivity index (χ2n) is 11.8. The number of pyridine rings is 1. The molecule has 0 aromatic carbocycles. The van der Waals surface area contributed by atoms with E-state index in [2.05, 4.69) is 34.6 Å². The van der Waals surface area contributed by atoms with Crippen molar-refractivity contribution in [2.45, 2.75) is 83.9 Å². The number of rotatable bonds is 4. The van der Waals surface area contributed by atoms with Gasteiger partial charge in [0, 0.05) is 30.6 Å². The fourth-order valence-electron chi connectivity index (χ4n) is 5.97. The molecular formula is C25H38N4O3. The summed E-state index contributed by atoms with van der Waals surface area (Å²) < 4.78 is 10.8. The molecular weight excluding hydrogens is 404 g/mol. The van der Waals surface area contributed by atoms with Gasteiger partial charge in [-0.3, -0.25) is 0 Å². The van der Waals surface area contributed by atoms with Crippen molar-refractivity contribution in [1.29, 1.82) is 0 Å². The Morgan fingerprint density at radius 2 is 1.75 bits per heavy atom. The van der Waals surface area contributed by atoms with Gasteiger partial charge < -0.3 is 25.0 Å². The number of alkyl carbamates (subject to hydrolysis) is 1. The zero-order valence-corrected chi connectivity index (χ0v) is 20.0. The van der Waals surface area contributed by atoms with Crippen LogP contribution in [-0.2, 0) is 9.47 Å². The molecule has 1 aromatic heterocycles. The summed E-state index contributed by atoms with van der Waals surface area (Å²) in [6.45, 7) is 11.8. The van der Waals surface area contributed by atoms with Gasteiger partial charge in [0.05, 0.1) is 24.6 Å². The van der Waals surface area contributed by atoms with Crippen LogP contribution in [0.5, 0.6) is 0 Å². The number of hydrogen-bond donors (Lipinski definition) is 2. The third kappa shape index (κ3) is 4.41. The molecule has 7 nitrogen and oxygen atoms in total. The minimum absolute atomic E-state index is 0.253. The Labute approximate surface area is 191 Å². The highest BCUT2D eigenvalue weighted by Gasteiger charge is 2.53. The SMILES string of the molecule is Cc1nc(N2CCC3(CC2)COC3)ccc1NC1CC2(CC(NC(=O)OC(C)(C)C)C2)C1. The van der Waals surface area contributed by atoms with Crippen molar-refractivity contribution in [2.24, 2.45) is 10.8 Å². The van der Waals surface area contributed by atoms with Crippen LogP contribution in [0, 0.1) is 17.8 Å². The molecule has 176 valence electrons. The van der Waals surface area contributed by atoms with Gasteiger partial charge in [0.2, 0.25) is 0 Å². The number of aryl methyl sites for hydroxylation is 1. The molecule has 2 saturated heterocycles. The van der Waals surface area contributed by atoms with E-state index in [1.165, 1.54) is 12.8 Å². The van der Waals surface area contributed by atoms with Crippen LogP contribution in [0.25, 0.3) is 0 Å². The Hall–Kier alpha value is -2.02. The van der Waals surface area contributed by atoms with E-state index in [4.69, 9.17) is 14.5 Å². The standard InChI is InChI=1S/C25H38N4O3/c1-17-20(5-6-21(26-17)29-9-7-24(8-10-29)15-31-16-24)27-18-11-25(12-18)13-19(14-25)28-22(30)32-23(2,3)4/h5-6,18-19,27H,7-16H2,1-4H3,(H,28,30). The summed E-state index contributed by atoms with van der Waals surface area (Å²) in [7, 11) is 0. The van der Waals surface area contributed by atoms with Crippen molar-refractivity contribution < 1.29 is 14.3 Å². The minimum atomic E-state index is -0.444. The van der Waals surface area contributed by atoms with Crippen LogP contribution in [-0.4, -0.2) is 55.1 Å². The van der Waals surface area contributed by atoms with Gasteiger partial charge in [-0.1, -0.05) is 0 Å². The zero-order valence-electron chi connectivity index (χ0n) is 20.0. The molecule has 32 heavy (non-hydrogen) atoms. The van der Waals surface area contributed by atoms with E-state index in [1.807, 2.05) is 20.8 Å². The maximum Gasteiger partial charge on any atom is 0.407 e. The third-order valence-electron chi connectivity index (χ3n) is 7.83. The lowest BCUT2D eigenvalue weighted by Gasteiger charge is -2.58. The number of nitrogens with zero attached hydrogens (tertiary/aromatic N) is 2. The molecule has 0 unspecified atom stereocenters. The van der Waals surface area contributed by atoms with E-state index >= 15 is 0 Å². The highest BCUT2D eigenvalue weighted by molar-refractivity contribution is 5.68. The molecule has 2 aliphatic carbocycles. The second kappa shape index (κ2) is 7.79. The number of aromatic nitrogens is 1. The second-order valence-corrected chi connectivity index (χ2v) is 11.8. The van der Waals surface area contributed by atoms with Crippen molar-refractivity contribution in [3.63, 3.8) is 0 Å². The van der Waals surface area contributed by atoms with Gasteiger partial charge in [0.15, 0.2) is 0 Å². The van der Waals surface area contributed by atoms with E-state index in [9.17, 15) is 4.79 Å². The van der Waals surface area contributed by atoms with E-state index in [0.717, 1.165) is 69.2 Å². The summed E-state index contributed by atoms with van der Waals surface area (Å²) in [6, 6.07) is 5.12. The molecule has 5 rings (SSSR count). The maximum atomic E-state index is 12.0. The first kappa shape index (κ1) is 21.8. The molecule has 2 spiro atoms. The molecule has 3 heterocycles. The maximum absolute atomic E-state index is 12.0. The zero-order chi connectivity index (χ0) is 22.6. The van der Waals surface area contributed by atoms with Crippen molar-refractivity contribution in [3.05, 3.63) is 17.8 Å². The fourth-order valence-corrected chi connectivity index (χ4v) is 5.97. The summed E-state index contributed by atoms with van der Waals surface area (Å²) in [4.78, 5) is 19.3. The summed E-state index contributed by atoms with van der Waals surface area (Å²) in [5, 5.41) is 6.73. The van der Waals surface area contributed by atoms with E-state index < -0.39 is 5.60 Å². The third-order valence-corrected chi connectivity index (χ3v) is 7.83. The van der Waals surface area contributed by atoms with E-state index in [-0.39, 0.29) is 12.1 Å². The molecule has 4 fully saturated rings. The van der Waals surface area contributed by atoms with Gasteiger partial charge >= 0.3 is 6.09 Å². The molecule has 4 aliphatic rings. The molecule has 1 amide bonds. The number of amides is 1. The molecule has 0 atom stereocenters. The molecule has 0 radical (unpaired) electrons. The minimum Gasteiger partial charge on any atom is -0.444 e. The van der Waals surface area contributed by atoms with Gasteiger partial charge in [-0.25, -0.2) is 9.78 Å². The largest absolute Gasteiger partial charge is 0.444 e. The van der Waals surface area contributed by atoms with Gasteiger partial charge in [-0.05, 0) is 83.8 Å². The average Bonchev–Trinajstić information content (AvgIpc) is 2.63. The van der Waals surface area contributed by atoms with Crippen LogP contribution in [0.1, 0.15) is 65.0 Å². The van der Waals surface area contributed by atoms with Crippen LogP contribution in [0.15, 0.2) is 12.1 Å². The van der Waals surface area contributed by atoms with Crippen molar-refractivity contribution in [2.75, 3.05) is 36.5 Å². The number of carbonyl (C=O) groups excluding carboxylic acids is 1. The molecule has 2 saturated carbocycles. The molecule has 2 N–H and O–H groups in total. The van der Waals surface area contributed by atoms with E-state index in [1.54, 1.807) is 0 Å². The summed E-state index contributed by atoms with van der Waals surface area (Å²) in [5.41, 5.74) is 2.63. The Morgan fingerprint density at radius 3 is 2.31 bits per heavy atom. The summed E-state index contributed by atoms with van der Waals surface area (Å²) in [6.07, 6.45) is 6.57. The average molecular weight is 443 g/mol. The summed E-state index contributed by atoms with van der Waals surface area (Å²) in [5.74, 6) is 1.10. The number of nitrogens with one attached hydrogen (secondary N) is 2. The van der Waals surface area contributed by atoms with Crippen LogP contribution in [0.3, 0.4) is 0 Å². The monoisotopic (exact) mass is 442 g/mol. The Bertz CT molecular complexity index is 852. The van der Waals surface area contributed by atoms with Crippen LogP contribution in [0.2, 0.25) is 0 Å². The highest BCUT2D eigenvalue weighted by atomic mass is 16.6. The summed E-state index contributed by atoms with van der Waals surface area (Å²) >= 11 is 0. The predicted molar refractivity (Wildman–Crippen MR) is 125 cm³/mol. The fraction of sp³-hybridized carbons (Fsp3) is 0.760. The number of carbonyl (C=O) groups is 1. The molecule has 0 bridgehead atoms. The normalized spacial score (nSPS) is 30.8. The molecule has 1 aromatic rings. The van der Waals surface area contributed by atoms with Gasteiger partial charge in [-0.15, -0.1) is 0 Å². The smallest absolute Gasteiger partial charge is 0.407 e. The lowest BCUT2D eigenvalue weighted by Crippen LogP contribution is -2.59. The van der Waals surface area contributed by atoms with Crippen molar-refractivity contribution in [3.8, 4) is 0 Å². The highest BCUT2D eigenvalue weighted by Crippen LogP contribution is 2.56. The van der Waals surface area contributed by atoms with Crippen molar-refractivity contribution >= 4 is 17.6 Å².